The third-order valence-corrected chi connectivity index (χ3v) is 5.09. The van der Waals surface area contributed by atoms with Crippen LogP contribution in [0.3, 0.4) is 0 Å². The van der Waals surface area contributed by atoms with Crippen LogP contribution < -0.4 is 5.56 Å². The number of aromatic amines is 1. The Bertz CT molecular complexity index is 797. The van der Waals surface area contributed by atoms with Crippen LogP contribution in [0.15, 0.2) is 29.1 Å². The minimum atomic E-state index is -0.200. The van der Waals surface area contributed by atoms with E-state index in [9.17, 15) is 9.59 Å². The number of amides is 1. The topological polar surface area (TPSA) is 69.3 Å². The molecule has 6 nitrogen and oxygen atoms in total. The molecule has 1 saturated heterocycles. The molecule has 0 aliphatic carbocycles. The lowest BCUT2D eigenvalue weighted by Crippen LogP contribution is -2.38. The minimum Gasteiger partial charge on any atom is -0.341 e. The fourth-order valence-electron chi connectivity index (χ4n) is 3.63. The van der Waals surface area contributed by atoms with Crippen molar-refractivity contribution in [1.29, 1.82) is 0 Å². The monoisotopic (exact) mass is 342 g/mol. The van der Waals surface area contributed by atoms with Gasteiger partial charge in [0, 0.05) is 32.0 Å². The van der Waals surface area contributed by atoms with E-state index in [1.807, 2.05) is 29.2 Å². The van der Waals surface area contributed by atoms with Crippen molar-refractivity contribution in [3.63, 3.8) is 0 Å². The number of nitrogens with zero attached hydrogens (tertiary/aromatic N) is 3. The zero-order valence-corrected chi connectivity index (χ0v) is 15.0. The Morgan fingerprint density at radius 3 is 2.84 bits per heavy atom. The smallest absolute Gasteiger partial charge is 0.270 e. The molecule has 1 N–H and O–H groups in total. The highest BCUT2D eigenvalue weighted by molar-refractivity contribution is 5.77. The third-order valence-electron chi connectivity index (χ3n) is 5.09. The molecule has 25 heavy (non-hydrogen) atoms. The lowest BCUT2D eigenvalue weighted by molar-refractivity contribution is -0.130. The molecular formula is C19H26N4O2. The van der Waals surface area contributed by atoms with Gasteiger partial charge in [0.05, 0.1) is 11.0 Å². The van der Waals surface area contributed by atoms with Crippen molar-refractivity contribution in [2.45, 2.75) is 39.2 Å². The summed E-state index contributed by atoms with van der Waals surface area (Å²) < 4.78 is 0. The van der Waals surface area contributed by atoms with E-state index in [-0.39, 0.29) is 11.5 Å². The number of H-pyrrole nitrogens is 1. The highest BCUT2D eigenvalue weighted by atomic mass is 16.2. The van der Waals surface area contributed by atoms with Gasteiger partial charge >= 0.3 is 0 Å². The van der Waals surface area contributed by atoms with Gasteiger partial charge in [-0.05, 0) is 31.6 Å². The van der Waals surface area contributed by atoms with Crippen molar-refractivity contribution in [3.05, 3.63) is 40.3 Å². The van der Waals surface area contributed by atoms with Gasteiger partial charge in [-0.3, -0.25) is 14.5 Å². The van der Waals surface area contributed by atoms with Crippen LogP contribution in [0.25, 0.3) is 11.0 Å². The van der Waals surface area contributed by atoms with Crippen molar-refractivity contribution >= 4 is 16.9 Å². The van der Waals surface area contributed by atoms with Crippen LogP contribution in [0, 0.1) is 0 Å². The van der Waals surface area contributed by atoms with Crippen LogP contribution in [0.1, 0.15) is 32.4 Å². The first-order valence-corrected chi connectivity index (χ1v) is 9.12. The average molecular weight is 342 g/mol. The molecule has 0 spiro atoms. The van der Waals surface area contributed by atoms with E-state index in [2.05, 4.69) is 28.7 Å². The molecule has 1 atom stereocenters. The van der Waals surface area contributed by atoms with Crippen LogP contribution in [-0.4, -0.2) is 57.9 Å². The van der Waals surface area contributed by atoms with E-state index in [1.165, 1.54) is 0 Å². The van der Waals surface area contributed by atoms with Gasteiger partial charge in [0.1, 0.15) is 5.69 Å². The van der Waals surface area contributed by atoms with Gasteiger partial charge in [-0.25, -0.2) is 4.98 Å². The predicted octanol–water partition coefficient (Wildman–Crippen LogP) is 1.80. The number of hydrogen-bond acceptors (Lipinski definition) is 4. The fraction of sp³-hybridized carbons (Fsp3) is 0.526. The first-order valence-electron chi connectivity index (χ1n) is 9.12. The summed E-state index contributed by atoms with van der Waals surface area (Å²) >= 11 is 0. The molecule has 1 amide bonds. The molecule has 0 saturated carbocycles. The van der Waals surface area contributed by atoms with E-state index < -0.39 is 0 Å². The number of benzene rings is 1. The lowest BCUT2D eigenvalue weighted by Gasteiger charge is -2.26. The van der Waals surface area contributed by atoms with Crippen LogP contribution in [0.4, 0.5) is 0 Å². The highest BCUT2D eigenvalue weighted by Gasteiger charge is 2.28. The molecular weight excluding hydrogens is 316 g/mol. The van der Waals surface area contributed by atoms with Crippen molar-refractivity contribution in [2.75, 3.05) is 26.2 Å². The molecule has 1 aromatic carbocycles. The first-order chi connectivity index (χ1) is 12.1. The molecule has 1 aromatic heterocycles. The second-order valence-corrected chi connectivity index (χ2v) is 6.53. The number of para-hydroxylation sites is 2. The highest BCUT2D eigenvalue weighted by Crippen LogP contribution is 2.17. The Morgan fingerprint density at radius 1 is 1.32 bits per heavy atom. The number of aromatic nitrogens is 2. The van der Waals surface area contributed by atoms with E-state index in [0.717, 1.165) is 43.6 Å². The number of likely N-dealkylation sites (tertiary alicyclic amines) is 1. The quantitative estimate of drug-likeness (QED) is 0.869. The Hall–Kier alpha value is -2.21. The normalized spacial score (nSPS) is 17.6. The fourth-order valence-corrected chi connectivity index (χ4v) is 3.63. The summed E-state index contributed by atoms with van der Waals surface area (Å²) in [6, 6.07) is 7.91. The summed E-state index contributed by atoms with van der Waals surface area (Å²) in [6.07, 6.45) is 1.74. The zero-order valence-electron chi connectivity index (χ0n) is 15.0. The number of likely N-dealkylation sites (N-methyl/N-ethyl adjacent to an activating group) is 1. The lowest BCUT2D eigenvalue weighted by atomic mass is 10.2. The van der Waals surface area contributed by atoms with Crippen LogP contribution in [0.5, 0.6) is 0 Å². The molecule has 0 bridgehead atoms. The summed E-state index contributed by atoms with van der Waals surface area (Å²) in [4.78, 5) is 36.2. The largest absolute Gasteiger partial charge is 0.341 e. The maximum Gasteiger partial charge on any atom is 0.270 e. The second kappa shape index (κ2) is 7.78. The van der Waals surface area contributed by atoms with Crippen LogP contribution >= 0.6 is 0 Å². The SMILES string of the molecule is CCN(CC)C1CCN(C(=O)CCc2nc3ccccc3[nH]c2=O)C1. The summed E-state index contributed by atoms with van der Waals surface area (Å²) in [6.45, 7) is 7.94. The number of carbonyl (C=O) groups excluding carboxylic acids is 1. The molecule has 1 fully saturated rings. The van der Waals surface area contributed by atoms with E-state index in [1.54, 1.807) is 0 Å². The predicted molar refractivity (Wildman–Crippen MR) is 98.6 cm³/mol. The molecule has 6 heteroatoms. The number of hydrogen-bond donors (Lipinski definition) is 1. The van der Waals surface area contributed by atoms with Crippen molar-refractivity contribution < 1.29 is 4.79 Å². The molecule has 1 aliphatic heterocycles. The Kier molecular flexibility index (Phi) is 5.48. The summed E-state index contributed by atoms with van der Waals surface area (Å²) in [5.74, 6) is 0.115. The number of fused-ring (bicyclic) bond motifs is 1. The van der Waals surface area contributed by atoms with Gasteiger partial charge in [0.2, 0.25) is 5.91 Å². The van der Waals surface area contributed by atoms with Gasteiger partial charge < -0.3 is 9.88 Å². The van der Waals surface area contributed by atoms with E-state index >= 15 is 0 Å². The molecule has 1 unspecified atom stereocenters. The Balaban J connectivity index is 1.61. The van der Waals surface area contributed by atoms with E-state index in [0.29, 0.717) is 24.6 Å². The van der Waals surface area contributed by atoms with Crippen LogP contribution in [0.2, 0.25) is 0 Å². The van der Waals surface area contributed by atoms with Crippen LogP contribution in [-0.2, 0) is 11.2 Å². The van der Waals surface area contributed by atoms with Gasteiger partial charge in [0.25, 0.3) is 5.56 Å². The van der Waals surface area contributed by atoms with Gasteiger partial charge in [-0.2, -0.15) is 0 Å². The second-order valence-electron chi connectivity index (χ2n) is 6.53. The molecule has 2 heterocycles. The molecule has 2 aromatic rings. The van der Waals surface area contributed by atoms with Crippen molar-refractivity contribution in [2.24, 2.45) is 0 Å². The third kappa shape index (κ3) is 3.90. The maximum atomic E-state index is 12.5. The Labute approximate surface area is 147 Å². The standard InChI is InChI=1S/C19H26N4O2/c1-3-22(4-2)14-11-12-23(13-14)18(24)10-9-17-19(25)21-16-8-6-5-7-15(16)20-17/h5-8,14H,3-4,9-13H2,1-2H3,(H,21,25). The molecule has 1 aliphatic rings. The number of nitrogens with one attached hydrogen (secondary N) is 1. The maximum absolute atomic E-state index is 12.5. The number of aryl methyl sites for hydroxylation is 1. The number of rotatable bonds is 6. The number of carbonyl (C=O) groups is 1. The van der Waals surface area contributed by atoms with Crippen molar-refractivity contribution in [3.8, 4) is 0 Å². The summed E-state index contributed by atoms with van der Waals surface area (Å²) in [7, 11) is 0. The first kappa shape index (κ1) is 17.6. The zero-order chi connectivity index (χ0) is 17.8. The average Bonchev–Trinajstić information content (AvgIpc) is 3.10. The van der Waals surface area contributed by atoms with Gasteiger partial charge in [-0.15, -0.1) is 0 Å². The van der Waals surface area contributed by atoms with Crippen molar-refractivity contribution in [1.82, 2.24) is 19.8 Å². The molecule has 3 rings (SSSR count). The van der Waals surface area contributed by atoms with E-state index in [4.69, 9.17) is 0 Å². The summed E-state index contributed by atoms with van der Waals surface area (Å²) in [5, 5.41) is 0. The van der Waals surface area contributed by atoms with Gasteiger partial charge in [0.15, 0.2) is 0 Å². The molecule has 134 valence electrons. The Morgan fingerprint density at radius 2 is 2.08 bits per heavy atom. The minimum absolute atomic E-state index is 0.115. The van der Waals surface area contributed by atoms with Gasteiger partial charge in [-0.1, -0.05) is 26.0 Å². The molecule has 0 radical (unpaired) electrons. The summed E-state index contributed by atoms with van der Waals surface area (Å²) in [5.41, 5.74) is 1.72.